The van der Waals surface area contributed by atoms with Gasteiger partial charge in [-0.2, -0.15) is 0 Å². The van der Waals surface area contributed by atoms with Crippen LogP contribution in [0.1, 0.15) is 37.9 Å². The molecule has 1 N–H and O–H groups in total. The van der Waals surface area contributed by atoms with Crippen LogP contribution in [0.25, 0.3) is 0 Å². The SMILES string of the molecule is CC(=O)N(C)C(CO)c1ccc(CC(C)C)cc1. The number of aliphatic hydroxyl groups excluding tert-OH is 1. The first-order valence-electron chi connectivity index (χ1n) is 6.38. The highest BCUT2D eigenvalue weighted by Crippen LogP contribution is 2.20. The second kappa shape index (κ2) is 6.55. The zero-order chi connectivity index (χ0) is 13.7. The van der Waals surface area contributed by atoms with E-state index < -0.39 is 0 Å². The molecule has 0 aliphatic heterocycles. The molecule has 18 heavy (non-hydrogen) atoms. The van der Waals surface area contributed by atoms with E-state index >= 15 is 0 Å². The van der Waals surface area contributed by atoms with Gasteiger partial charge in [-0.1, -0.05) is 38.1 Å². The average Bonchev–Trinajstić information content (AvgIpc) is 2.31. The smallest absolute Gasteiger partial charge is 0.219 e. The molecule has 0 saturated carbocycles. The molecule has 0 aliphatic rings. The molecule has 1 unspecified atom stereocenters. The van der Waals surface area contributed by atoms with Crippen molar-refractivity contribution in [1.29, 1.82) is 0 Å². The molecule has 3 heteroatoms. The van der Waals surface area contributed by atoms with Gasteiger partial charge in [0.2, 0.25) is 5.91 Å². The fourth-order valence-corrected chi connectivity index (χ4v) is 2.02. The Morgan fingerprint density at radius 2 is 1.83 bits per heavy atom. The quantitative estimate of drug-likeness (QED) is 0.870. The number of rotatable bonds is 5. The maximum atomic E-state index is 11.3. The summed E-state index contributed by atoms with van der Waals surface area (Å²) in [6.07, 6.45) is 1.05. The molecule has 1 atom stereocenters. The molecule has 0 aromatic heterocycles. The van der Waals surface area contributed by atoms with Crippen LogP contribution in [0.2, 0.25) is 0 Å². The van der Waals surface area contributed by atoms with E-state index in [4.69, 9.17) is 0 Å². The Kier molecular flexibility index (Phi) is 5.35. The largest absolute Gasteiger partial charge is 0.394 e. The molecule has 0 saturated heterocycles. The predicted octanol–water partition coefficient (Wildman–Crippen LogP) is 2.40. The first-order chi connectivity index (χ1) is 8.45. The van der Waals surface area contributed by atoms with Gasteiger partial charge in [0.1, 0.15) is 0 Å². The van der Waals surface area contributed by atoms with Crippen molar-refractivity contribution >= 4 is 5.91 Å². The number of hydrogen-bond donors (Lipinski definition) is 1. The Bertz CT molecular complexity index is 384. The lowest BCUT2D eigenvalue weighted by Crippen LogP contribution is -2.31. The minimum Gasteiger partial charge on any atom is -0.394 e. The fraction of sp³-hybridized carbons (Fsp3) is 0.533. The van der Waals surface area contributed by atoms with Gasteiger partial charge in [-0.25, -0.2) is 0 Å². The van der Waals surface area contributed by atoms with Gasteiger partial charge in [-0.05, 0) is 23.5 Å². The highest BCUT2D eigenvalue weighted by Gasteiger charge is 2.17. The highest BCUT2D eigenvalue weighted by molar-refractivity contribution is 5.73. The monoisotopic (exact) mass is 249 g/mol. The first-order valence-corrected chi connectivity index (χ1v) is 6.38. The molecule has 0 fully saturated rings. The summed E-state index contributed by atoms with van der Waals surface area (Å²) >= 11 is 0. The Labute approximate surface area is 109 Å². The Morgan fingerprint density at radius 1 is 1.28 bits per heavy atom. The molecule has 0 heterocycles. The number of amides is 1. The standard InChI is InChI=1S/C15H23NO2/c1-11(2)9-13-5-7-14(8-6-13)15(10-17)16(4)12(3)18/h5-8,11,15,17H,9-10H2,1-4H3. The van der Waals surface area contributed by atoms with Gasteiger partial charge in [0.05, 0.1) is 12.6 Å². The van der Waals surface area contributed by atoms with Crippen LogP contribution in [0.4, 0.5) is 0 Å². The maximum Gasteiger partial charge on any atom is 0.219 e. The van der Waals surface area contributed by atoms with Crippen LogP contribution >= 0.6 is 0 Å². The van der Waals surface area contributed by atoms with E-state index in [9.17, 15) is 9.90 Å². The van der Waals surface area contributed by atoms with Crippen molar-refractivity contribution in [3.8, 4) is 0 Å². The summed E-state index contributed by atoms with van der Waals surface area (Å²) in [6.45, 7) is 5.83. The third kappa shape index (κ3) is 3.84. The summed E-state index contributed by atoms with van der Waals surface area (Å²) in [7, 11) is 1.71. The maximum absolute atomic E-state index is 11.3. The summed E-state index contributed by atoms with van der Waals surface area (Å²) < 4.78 is 0. The van der Waals surface area contributed by atoms with Gasteiger partial charge in [-0.15, -0.1) is 0 Å². The Balaban J connectivity index is 2.85. The predicted molar refractivity (Wildman–Crippen MR) is 73.3 cm³/mol. The van der Waals surface area contributed by atoms with E-state index in [1.54, 1.807) is 11.9 Å². The van der Waals surface area contributed by atoms with Gasteiger partial charge in [0.15, 0.2) is 0 Å². The van der Waals surface area contributed by atoms with Gasteiger partial charge in [0, 0.05) is 14.0 Å². The minimum absolute atomic E-state index is 0.0414. The fourth-order valence-electron chi connectivity index (χ4n) is 2.02. The van der Waals surface area contributed by atoms with Crippen LogP contribution in [-0.4, -0.2) is 29.6 Å². The van der Waals surface area contributed by atoms with Gasteiger partial charge >= 0.3 is 0 Å². The number of aliphatic hydroxyl groups is 1. The van der Waals surface area contributed by atoms with E-state index in [2.05, 4.69) is 26.0 Å². The van der Waals surface area contributed by atoms with E-state index in [0.717, 1.165) is 12.0 Å². The van der Waals surface area contributed by atoms with E-state index in [-0.39, 0.29) is 18.6 Å². The summed E-state index contributed by atoms with van der Waals surface area (Å²) in [5.74, 6) is 0.588. The van der Waals surface area contributed by atoms with Gasteiger partial charge in [0.25, 0.3) is 0 Å². The van der Waals surface area contributed by atoms with Crippen LogP contribution < -0.4 is 0 Å². The van der Waals surface area contributed by atoms with Crippen molar-refractivity contribution in [2.75, 3.05) is 13.7 Å². The minimum atomic E-state index is -0.254. The Morgan fingerprint density at radius 3 is 2.22 bits per heavy atom. The van der Waals surface area contributed by atoms with Crippen molar-refractivity contribution in [3.63, 3.8) is 0 Å². The van der Waals surface area contributed by atoms with Crippen molar-refractivity contribution in [3.05, 3.63) is 35.4 Å². The van der Waals surface area contributed by atoms with Crippen LogP contribution in [0.5, 0.6) is 0 Å². The number of carbonyl (C=O) groups is 1. The average molecular weight is 249 g/mol. The van der Waals surface area contributed by atoms with Crippen LogP contribution in [-0.2, 0) is 11.2 Å². The molecule has 3 nitrogen and oxygen atoms in total. The van der Waals surface area contributed by atoms with Crippen LogP contribution in [0.15, 0.2) is 24.3 Å². The number of nitrogens with zero attached hydrogens (tertiary/aromatic N) is 1. The summed E-state index contributed by atoms with van der Waals surface area (Å²) in [4.78, 5) is 12.9. The number of hydrogen-bond acceptors (Lipinski definition) is 2. The highest BCUT2D eigenvalue weighted by atomic mass is 16.3. The van der Waals surface area contributed by atoms with Crippen molar-refractivity contribution in [2.24, 2.45) is 5.92 Å². The summed E-state index contributed by atoms with van der Waals surface area (Å²) in [5, 5.41) is 9.42. The lowest BCUT2D eigenvalue weighted by molar-refractivity contribution is -0.130. The second-order valence-corrected chi connectivity index (χ2v) is 5.17. The summed E-state index contributed by atoms with van der Waals surface area (Å²) in [5.41, 5.74) is 2.26. The third-order valence-corrected chi connectivity index (χ3v) is 3.15. The van der Waals surface area contributed by atoms with Crippen molar-refractivity contribution < 1.29 is 9.90 Å². The normalized spacial score (nSPS) is 12.6. The molecule has 0 aliphatic carbocycles. The van der Waals surface area contributed by atoms with Gasteiger partial charge in [-0.3, -0.25) is 4.79 Å². The summed E-state index contributed by atoms with van der Waals surface area (Å²) in [6, 6.07) is 7.89. The van der Waals surface area contributed by atoms with Gasteiger partial charge < -0.3 is 10.0 Å². The first kappa shape index (κ1) is 14.7. The van der Waals surface area contributed by atoms with Crippen LogP contribution in [0, 0.1) is 5.92 Å². The zero-order valence-corrected chi connectivity index (χ0v) is 11.7. The number of carbonyl (C=O) groups excluding carboxylic acids is 1. The lowest BCUT2D eigenvalue weighted by atomic mass is 9.99. The second-order valence-electron chi connectivity index (χ2n) is 5.17. The number of likely N-dealkylation sites (N-methyl/N-ethyl adjacent to an activating group) is 1. The molecular weight excluding hydrogens is 226 g/mol. The zero-order valence-electron chi connectivity index (χ0n) is 11.7. The van der Waals surface area contributed by atoms with E-state index in [1.807, 2.05) is 12.1 Å². The topological polar surface area (TPSA) is 40.5 Å². The molecule has 1 amide bonds. The third-order valence-electron chi connectivity index (χ3n) is 3.15. The lowest BCUT2D eigenvalue weighted by Gasteiger charge is -2.26. The van der Waals surface area contributed by atoms with Crippen molar-refractivity contribution in [1.82, 2.24) is 4.90 Å². The molecule has 0 bridgehead atoms. The molecule has 0 spiro atoms. The molecule has 0 radical (unpaired) electrons. The molecule has 1 aromatic carbocycles. The molecule has 1 rings (SSSR count). The van der Waals surface area contributed by atoms with Crippen molar-refractivity contribution in [2.45, 2.75) is 33.2 Å². The van der Waals surface area contributed by atoms with E-state index in [1.165, 1.54) is 12.5 Å². The molecular formula is C15H23NO2. The molecule has 1 aromatic rings. The molecule has 100 valence electrons. The van der Waals surface area contributed by atoms with Crippen LogP contribution in [0.3, 0.4) is 0 Å². The number of benzene rings is 1. The Hall–Kier alpha value is -1.35. The van der Waals surface area contributed by atoms with E-state index in [0.29, 0.717) is 5.92 Å².